The third-order valence-electron chi connectivity index (χ3n) is 4.71. The molecule has 1 aliphatic rings. The molecule has 0 aliphatic heterocycles. The molecule has 1 fully saturated rings. The van der Waals surface area contributed by atoms with Crippen molar-refractivity contribution in [2.75, 3.05) is 6.61 Å². The Morgan fingerprint density at radius 3 is 2.53 bits per heavy atom. The lowest BCUT2D eigenvalue weighted by Crippen LogP contribution is -2.13. The second kappa shape index (κ2) is 4.78. The minimum atomic E-state index is -0.102. The number of carbonyl (C=O) groups excluding carboxylic acids is 1. The summed E-state index contributed by atoms with van der Waals surface area (Å²) in [5.74, 6) is -0.112. The Kier molecular flexibility index (Phi) is 3.61. The first-order valence-corrected chi connectivity index (χ1v) is 6.92. The number of carbonyl (C=O) groups is 1. The third-order valence-corrected chi connectivity index (χ3v) is 5.05. The van der Waals surface area contributed by atoms with Gasteiger partial charge in [-0.1, -0.05) is 45.4 Å². The topological polar surface area (TPSA) is 39.2 Å². The zero-order valence-electron chi connectivity index (χ0n) is 11.9. The van der Waals surface area contributed by atoms with E-state index in [1.807, 2.05) is 12.1 Å². The number of pyridine rings is 1. The molecule has 0 N–H and O–H groups in total. The molecule has 0 aromatic carbocycles. The molecule has 0 spiro atoms. The molecule has 3 nitrogen and oxygen atoms in total. The molecule has 1 aromatic rings. The highest BCUT2D eigenvalue weighted by Gasteiger charge is 2.69. The second-order valence-corrected chi connectivity index (χ2v) is 6.61. The average molecular weight is 282 g/mol. The predicted molar refractivity (Wildman–Crippen MR) is 75.0 cm³/mol. The Morgan fingerprint density at radius 1 is 1.37 bits per heavy atom. The molecule has 1 heterocycles. The molecule has 1 aromatic heterocycles. The lowest BCUT2D eigenvalue weighted by Gasteiger charge is -2.06. The molecule has 104 valence electrons. The van der Waals surface area contributed by atoms with Crippen molar-refractivity contribution in [2.24, 2.45) is 16.7 Å². The average Bonchev–Trinajstić information content (AvgIpc) is 2.72. The summed E-state index contributed by atoms with van der Waals surface area (Å²) in [6.07, 6.45) is 2.25. The van der Waals surface area contributed by atoms with Gasteiger partial charge in [0.2, 0.25) is 0 Å². The van der Waals surface area contributed by atoms with Crippen LogP contribution in [-0.4, -0.2) is 17.6 Å². The number of hydrogen-bond acceptors (Lipinski definition) is 3. The van der Waals surface area contributed by atoms with Crippen LogP contribution in [0.1, 0.15) is 33.3 Å². The molecule has 0 unspecified atom stereocenters. The van der Waals surface area contributed by atoms with Crippen molar-refractivity contribution in [1.29, 1.82) is 0 Å². The van der Waals surface area contributed by atoms with Gasteiger partial charge in [0.05, 0.1) is 12.5 Å². The molecule has 0 saturated heterocycles. The van der Waals surface area contributed by atoms with Crippen LogP contribution in [0.2, 0.25) is 5.15 Å². The molecule has 0 atom stereocenters. The summed E-state index contributed by atoms with van der Waals surface area (Å²) in [5, 5.41) is 0.477. The zero-order valence-corrected chi connectivity index (χ0v) is 12.6. The van der Waals surface area contributed by atoms with Crippen molar-refractivity contribution in [3.05, 3.63) is 29.0 Å². The Hall–Kier alpha value is -1.09. The van der Waals surface area contributed by atoms with E-state index < -0.39 is 0 Å². The molecule has 1 aliphatic carbocycles. The van der Waals surface area contributed by atoms with E-state index in [2.05, 4.69) is 32.7 Å². The smallest absolute Gasteiger partial charge is 0.310 e. The molecule has 0 amide bonds. The second-order valence-electron chi connectivity index (χ2n) is 6.25. The quantitative estimate of drug-likeness (QED) is 0.626. The highest BCUT2D eigenvalue weighted by Crippen LogP contribution is 2.68. The Balaban J connectivity index is 1.85. The van der Waals surface area contributed by atoms with Crippen LogP contribution < -0.4 is 0 Å². The van der Waals surface area contributed by atoms with Gasteiger partial charge in [-0.15, -0.1) is 0 Å². The van der Waals surface area contributed by atoms with Gasteiger partial charge in [0, 0.05) is 12.6 Å². The highest BCUT2D eigenvalue weighted by molar-refractivity contribution is 6.30. The van der Waals surface area contributed by atoms with Crippen molar-refractivity contribution in [3.63, 3.8) is 0 Å². The summed E-state index contributed by atoms with van der Waals surface area (Å²) < 4.78 is 5.37. The summed E-state index contributed by atoms with van der Waals surface area (Å²) in [6, 6.07) is 3.73. The minimum Gasteiger partial charge on any atom is -0.465 e. The first-order valence-electron chi connectivity index (χ1n) is 6.54. The standard InChI is InChI=1S/C15H20ClNO2/c1-14(2)11(15(14,3)4)13(18)19-9-7-10-6-5-8-17-12(10)16/h5-6,8,11H,7,9H2,1-4H3. The van der Waals surface area contributed by atoms with Gasteiger partial charge in [-0.2, -0.15) is 0 Å². The number of nitrogens with zero attached hydrogens (tertiary/aromatic N) is 1. The van der Waals surface area contributed by atoms with E-state index in [4.69, 9.17) is 16.3 Å². The number of ether oxygens (including phenoxy) is 1. The fourth-order valence-corrected chi connectivity index (χ4v) is 2.95. The van der Waals surface area contributed by atoms with Gasteiger partial charge in [-0.05, 0) is 22.5 Å². The van der Waals surface area contributed by atoms with Crippen LogP contribution in [0.25, 0.3) is 0 Å². The summed E-state index contributed by atoms with van der Waals surface area (Å²) >= 11 is 5.95. The van der Waals surface area contributed by atoms with Crippen molar-refractivity contribution in [3.8, 4) is 0 Å². The van der Waals surface area contributed by atoms with Crippen LogP contribution in [0.4, 0.5) is 0 Å². The Bertz CT molecular complexity index is 483. The molecule has 2 rings (SSSR count). The van der Waals surface area contributed by atoms with Gasteiger partial charge >= 0.3 is 5.97 Å². The maximum atomic E-state index is 12.0. The number of hydrogen-bond donors (Lipinski definition) is 0. The predicted octanol–water partition coefficient (Wildman–Crippen LogP) is 3.50. The molecule has 0 radical (unpaired) electrons. The summed E-state index contributed by atoms with van der Waals surface area (Å²) in [7, 11) is 0. The Labute approximate surface area is 119 Å². The van der Waals surface area contributed by atoms with Gasteiger partial charge in [-0.25, -0.2) is 4.98 Å². The first kappa shape index (κ1) is 14.3. The molecule has 0 bridgehead atoms. The summed E-state index contributed by atoms with van der Waals surface area (Å²) in [5.41, 5.74) is 0.956. The first-order chi connectivity index (χ1) is 8.78. The van der Waals surface area contributed by atoms with E-state index in [0.29, 0.717) is 18.2 Å². The number of aromatic nitrogens is 1. The van der Waals surface area contributed by atoms with Crippen LogP contribution >= 0.6 is 11.6 Å². The van der Waals surface area contributed by atoms with Crippen molar-refractivity contribution < 1.29 is 9.53 Å². The fraction of sp³-hybridized carbons (Fsp3) is 0.600. The number of esters is 1. The normalized spacial score (nSPS) is 20.1. The third kappa shape index (κ3) is 2.48. The minimum absolute atomic E-state index is 0.00984. The van der Waals surface area contributed by atoms with E-state index in [0.717, 1.165) is 5.56 Å². The molecular weight excluding hydrogens is 262 g/mol. The van der Waals surface area contributed by atoms with Crippen LogP contribution in [0.5, 0.6) is 0 Å². The van der Waals surface area contributed by atoms with E-state index in [1.54, 1.807) is 6.20 Å². The molecule has 19 heavy (non-hydrogen) atoms. The van der Waals surface area contributed by atoms with E-state index in [-0.39, 0.29) is 22.7 Å². The molecular formula is C15H20ClNO2. The van der Waals surface area contributed by atoms with Crippen molar-refractivity contribution in [1.82, 2.24) is 4.98 Å². The van der Waals surface area contributed by atoms with E-state index in [1.165, 1.54) is 0 Å². The van der Waals surface area contributed by atoms with Crippen LogP contribution in [-0.2, 0) is 16.0 Å². The monoisotopic (exact) mass is 281 g/mol. The maximum absolute atomic E-state index is 12.0. The van der Waals surface area contributed by atoms with Crippen LogP contribution in [0, 0.1) is 16.7 Å². The van der Waals surface area contributed by atoms with Gasteiger partial charge in [0.15, 0.2) is 0 Å². The number of rotatable bonds is 4. The number of halogens is 1. The lowest BCUT2D eigenvalue weighted by atomic mass is 10.0. The van der Waals surface area contributed by atoms with Gasteiger partial charge in [0.25, 0.3) is 0 Å². The maximum Gasteiger partial charge on any atom is 0.310 e. The SMILES string of the molecule is CC1(C)C(C(=O)OCCc2cccnc2Cl)C1(C)C. The van der Waals surface area contributed by atoms with Crippen LogP contribution in [0.15, 0.2) is 18.3 Å². The van der Waals surface area contributed by atoms with Crippen molar-refractivity contribution >= 4 is 17.6 Å². The summed E-state index contributed by atoms with van der Waals surface area (Å²) in [6.45, 7) is 8.79. The molecule has 4 heteroatoms. The zero-order chi connectivity index (χ0) is 14.3. The fourth-order valence-electron chi connectivity index (χ4n) is 2.74. The Morgan fingerprint density at radius 2 is 2.00 bits per heavy atom. The van der Waals surface area contributed by atoms with Gasteiger partial charge < -0.3 is 4.74 Å². The largest absolute Gasteiger partial charge is 0.465 e. The molecule has 1 saturated carbocycles. The van der Waals surface area contributed by atoms with E-state index in [9.17, 15) is 4.79 Å². The van der Waals surface area contributed by atoms with Crippen molar-refractivity contribution in [2.45, 2.75) is 34.1 Å². The van der Waals surface area contributed by atoms with Crippen LogP contribution in [0.3, 0.4) is 0 Å². The van der Waals surface area contributed by atoms with E-state index >= 15 is 0 Å². The van der Waals surface area contributed by atoms with Gasteiger partial charge in [-0.3, -0.25) is 4.79 Å². The highest BCUT2D eigenvalue weighted by atomic mass is 35.5. The van der Waals surface area contributed by atoms with Gasteiger partial charge in [0.1, 0.15) is 5.15 Å². The lowest BCUT2D eigenvalue weighted by molar-refractivity contribution is -0.146. The summed E-state index contributed by atoms with van der Waals surface area (Å²) in [4.78, 5) is 16.0.